The SMILES string of the molecule is COc1ccc(OC)c(-c2cc(C(=O)NN3CCCCC3)c(C)n2CCc2ccccc2)c1. The fraction of sp³-hybridized carbons (Fsp3) is 0.370. The van der Waals surface area contributed by atoms with Gasteiger partial charge in [0.15, 0.2) is 0 Å². The van der Waals surface area contributed by atoms with E-state index in [0.717, 1.165) is 67.3 Å². The van der Waals surface area contributed by atoms with Crippen LogP contribution in [-0.4, -0.2) is 42.8 Å². The zero-order chi connectivity index (χ0) is 23.2. The van der Waals surface area contributed by atoms with Crippen LogP contribution in [0.1, 0.15) is 40.9 Å². The number of aryl methyl sites for hydroxylation is 1. The van der Waals surface area contributed by atoms with Gasteiger partial charge in [-0.15, -0.1) is 0 Å². The number of hydrogen-bond acceptors (Lipinski definition) is 4. The van der Waals surface area contributed by atoms with Crippen LogP contribution < -0.4 is 14.9 Å². The predicted octanol–water partition coefficient (Wildman–Crippen LogP) is 4.85. The van der Waals surface area contributed by atoms with Crippen molar-refractivity contribution in [3.8, 4) is 22.8 Å². The van der Waals surface area contributed by atoms with Crippen molar-refractivity contribution in [2.75, 3.05) is 27.3 Å². The number of hydrazine groups is 1. The summed E-state index contributed by atoms with van der Waals surface area (Å²) in [5.41, 5.74) is 7.86. The van der Waals surface area contributed by atoms with Crippen molar-refractivity contribution in [1.82, 2.24) is 15.0 Å². The summed E-state index contributed by atoms with van der Waals surface area (Å²) in [4.78, 5) is 13.3. The highest BCUT2D eigenvalue weighted by atomic mass is 16.5. The van der Waals surface area contributed by atoms with Gasteiger partial charge >= 0.3 is 0 Å². The summed E-state index contributed by atoms with van der Waals surface area (Å²) in [5.74, 6) is 1.44. The molecule has 0 bridgehead atoms. The third kappa shape index (κ3) is 5.22. The van der Waals surface area contributed by atoms with Gasteiger partial charge < -0.3 is 14.0 Å². The maximum Gasteiger partial charge on any atom is 0.267 e. The monoisotopic (exact) mass is 447 g/mol. The van der Waals surface area contributed by atoms with Gasteiger partial charge in [0.25, 0.3) is 5.91 Å². The number of nitrogens with one attached hydrogen (secondary N) is 1. The van der Waals surface area contributed by atoms with Gasteiger partial charge in [-0.05, 0) is 56.0 Å². The van der Waals surface area contributed by atoms with Crippen LogP contribution >= 0.6 is 0 Å². The average Bonchev–Trinajstić information content (AvgIpc) is 3.19. The quantitative estimate of drug-likeness (QED) is 0.536. The van der Waals surface area contributed by atoms with Gasteiger partial charge in [-0.25, -0.2) is 5.01 Å². The minimum Gasteiger partial charge on any atom is -0.497 e. The van der Waals surface area contributed by atoms with E-state index in [1.165, 1.54) is 12.0 Å². The molecule has 6 heteroatoms. The Bertz CT molecular complexity index is 1090. The number of rotatable bonds is 8. The molecule has 2 aromatic carbocycles. The molecule has 3 aromatic rings. The number of aromatic nitrogens is 1. The first-order valence-electron chi connectivity index (χ1n) is 11.6. The van der Waals surface area contributed by atoms with E-state index in [9.17, 15) is 4.79 Å². The van der Waals surface area contributed by atoms with Gasteiger partial charge in [0.05, 0.1) is 25.5 Å². The van der Waals surface area contributed by atoms with E-state index in [1.54, 1.807) is 14.2 Å². The number of amides is 1. The van der Waals surface area contributed by atoms with Gasteiger partial charge in [0, 0.05) is 30.9 Å². The molecular weight excluding hydrogens is 414 g/mol. The summed E-state index contributed by atoms with van der Waals surface area (Å²) in [6.07, 6.45) is 4.32. The highest BCUT2D eigenvalue weighted by molar-refractivity contribution is 5.97. The Morgan fingerprint density at radius 1 is 0.970 bits per heavy atom. The summed E-state index contributed by atoms with van der Waals surface area (Å²) in [5, 5.41) is 2.04. The molecule has 0 spiro atoms. The Morgan fingerprint density at radius 2 is 1.73 bits per heavy atom. The van der Waals surface area contributed by atoms with Crippen molar-refractivity contribution >= 4 is 5.91 Å². The third-order valence-electron chi connectivity index (χ3n) is 6.38. The number of ether oxygens (including phenoxy) is 2. The molecule has 1 aromatic heterocycles. The summed E-state index contributed by atoms with van der Waals surface area (Å²) in [6, 6.07) is 18.2. The van der Waals surface area contributed by atoms with E-state index >= 15 is 0 Å². The Kier molecular flexibility index (Phi) is 7.35. The molecule has 1 saturated heterocycles. The molecule has 4 rings (SSSR count). The molecule has 1 aliphatic rings. The number of carbonyl (C=O) groups excluding carboxylic acids is 1. The van der Waals surface area contributed by atoms with Crippen molar-refractivity contribution < 1.29 is 14.3 Å². The van der Waals surface area contributed by atoms with Crippen molar-refractivity contribution in [1.29, 1.82) is 0 Å². The third-order valence-corrected chi connectivity index (χ3v) is 6.38. The topological polar surface area (TPSA) is 55.7 Å². The number of methoxy groups -OCH3 is 2. The minimum atomic E-state index is -0.0593. The van der Waals surface area contributed by atoms with E-state index in [-0.39, 0.29) is 5.91 Å². The van der Waals surface area contributed by atoms with E-state index in [4.69, 9.17) is 9.47 Å². The zero-order valence-corrected chi connectivity index (χ0v) is 19.8. The second-order valence-electron chi connectivity index (χ2n) is 8.47. The molecule has 174 valence electrons. The number of nitrogens with zero attached hydrogens (tertiary/aromatic N) is 2. The van der Waals surface area contributed by atoms with Crippen LogP contribution in [0.25, 0.3) is 11.3 Å². The lowest BCUT2D eigenvalue weighted by atomic mass is 10.1. The number of hydrogen-bond donors (Lipinski definition) is 1. The van der Waals surface area contributed by atoms with Crippen LogP contribution in [0.15, 0.2) is 54.6 Å². The molecule has 0 aliphatic carbocycles. The summed E-state index contributed by atoms with van der Waals surface area (Å²) >= 11 is 0. The Labute approximate surface area is 196 Å². The van der Waals surface area contributed by atoms with Crippen molar-refractivity contribution in [2.24, 2.45) is 0 Å². The van der Waals surface area contributed by atoms with Crippen LogP contribution in [0.2, 0.25) is 0 Å². The van der Waals surface area contributed by atoms with Gasteiger partial charge in [0.1, 0.15) is 11.5 Å². The lowest BCUT2D eigenvalue weighted by molar-refractivity contribution is 0.0749. The van der Waals surface area contributed by atoms with Crippen molar-refractivity contribution in [3.63, 3.8) is 0 Å². The van der Waals surface area contributed by atoms with E-state index in [2.05, 4.69) is 34.3 Å². The fourth-order valence-corrected chi connectivity index (χ4v) is 4.50. The summed E-state index contributed by atoms with van der Waals surface area (Å²) in [6.45, 7) is 4.57. The zero-order valence-electron chi connectivity index (χ0n) is 19.8. The molecule has 6 nitrogen and oxygen atoms in total. The molecule has 0 atom stereocenters. The molecule has 2 heterocycles. The first kappa shape index (κ1) is 22.9. The van der Waals surface area contributed by atoms with Gasteiger partial charge in [-0.2, -0.15) is 0 Å². The van der Waals surface area contributed by atoms with E-state index in [0.29, 0.717) is 5.56 Å². The summed E-state index contributed by atoms with van der Waals surface area (Å²) in [7, 11) is 3.32. The van der Waals surface area contributed by atoms with E-state index < -0.39 is 0 Å². The summed E-state index contributed by atoms with van der Waals surface area (Å²) < 4.78 is 13.4. The van der Waals surface area contributed by atoms with Crippen LogP contribution in [-0.2, 0) is 13.0 Å². The second kappa shape index (κ2) is 10.6. The Balaban J connectivity index is 1.72. The fourth-order valence-electron chi connectivity index (χ4n) is 4.50. The lowest BCUT2D eigenvalue weighted by Gasteiger charge is -2.26. The van der Waals surface area contributed by atoms with Crippen LogP contribution in [0.3, 0.4) is 0 Å². The molecule has 33 heavy (non-hydrogen) atoms. The lowest BCUT2D eigenvalue weighted by Crippen LogP contribution is -2.45. The standard InChI is InChI=1S/C27H33N3O3/c1-20-23(27(31)28-29-15-8-5-9-16-29)19-25(24-18-22(32-2)12-13-26(24)33-3)30(20)17-14-21-10-6-4-7-11-21/h4,6-7,10-13,18-19H,5,8-9,14-17H2,1-3H3,(H,28,31). The maximum absolute atomic E-state index is 13.3. The molecule has 1 N–H and O–H groups in total. The number of benzene rings is 2. The molecule has 0 radical (unpaired) electrons. The average molecular weight is 448 g/mol. The highest BCUT2D eigenvalue weighted by Gasteiger charge is 2.23. The molecular formula is C27H33N3O3. The smallest absolute Gasteiger partial charge is 0.267 e. The van der Waals surface area contributed by atoms with E-state index in [1.807, 2.05) is 42.3 Å². The number of carbonyl (C=O) groups is 1. The van der Waals surface area contributed by atoms with Gasteiger partial charge in [0.2, 0.25) is 0 Å². The van der Waals surface area contributed by atoms with Gasteiger partial charge in [-0.1, -0.05) is 36.8 Å². The van der Waals surface area contributed by atoms with Crippen LogP contribution in [0.4, 0.5) is 0 Å². The van der Waals surface area contributed by atoms with Crippen molar-refractivity contribution in [2.45, 2.75) is 39.2 Å². The number of piperidine rings is 1. The first-order chi connectivity index (χ1) is 16.1. The molecule has 1 amide bonds. The molecule has 1 fully saturated rings. The van der Waals surface area contributed by atoms with Crippen LogP contribution in [0, 0.1) is 6.92 Å². The molecule has 0 saturated carbocycles. The largest absolute Gasteiger partial charge is 0.497 e. The normalized spacial score (nSPS) is 14.2. The maximum atomic E-state index is 13.3. The Morgan fingerprint density at radius 3 is 2.42 bits per heavy atom. The highest BCUT2D eigenvalue weighted by Crippen LogP contribution is 2.36. The minimum absolute atomic E-state index is 0.0593. The molecule has 0 unspecified atom stereocenters. The van der Waals surface area contributed by atoms with Crippen molar-refractivity contribution in [3.05, 3.63) is 71.4 Å². The van der Waals surface area contributed by atoms with Gasteiger partial charge in [-0.3, -0.25) is 10.2 Å². The Hall–Kier alpha value is -3.25. The van der Waals surface area contributed by atoms with Crippen LogP contribution in [0.5, 0.6) is 11.5 Å². The first-order valence-corrected chi connectivity index (χ1v) is 11.6. The molecule has 1 aliphatic heterocycles. The predicted molar refractivity (Wildman–Crippen MR) is 131 cm³/mol. The second-order valence-corrected chi connectivity index (χ2v) is 8.47.